The summed E-state index contributed by atoms with van der Waals surface area (Å²) in [6.07, 6.45) is 1.27. The third-order valence-corrected chi connectivity index (χ3v) is 2.52. The number of amides is 1. The topological polar surface area (TPSA) is 77.2 Å². The van der Waals surface area contributed by atoms with Crippen molar-refractivity contribution in [2.75, 3.05) is 18.2 Å². The quantitative estimate of drug-likeness (QED) is 0.886. The molecule has 1 amide bonds. The molecular formula is C13H12FN3O2. The molecule has 0 fully saturated rings. The van der Waals surface area contributed by atoms with Crippen LogP contribution in [0.4, 0.5) is 15.9 Å². The fourth-order valence-corrected chi connectivity index (χ4v) is 1.57. The highest BCUT2D eigenvalue weighted by atomic mass is 19.1. The fraction of sp³-hybridized carbons (Fsp3) is 0.0769. The van der Waals surface area contributed by atoms with E-state index in [2.05, 4.69) is 10.3 Å². The van der Waals surface area contributed by atoms with Gasteiger partial charge in [-0.25, -0.2) is 9.37 Å². The lowest BCUT2D eigenvalue weighted by atomic mass is 10.2. The van der Waals surface area contributed by atoms with Gasteiger partial charge in [0, 0.05) is 6.20 Å². The Balaban J connectivity index is 2.28. The minimum atomic E-state index is -0.838. The van der Waals surface area contributed by atoms with Crippen molar-refractivity contribution in [3.05, 3.63) is 47.9 Å². The van der Waals surface area contributed by atoms with Crippen LogP contribution in [0, 0.1) is 5.82 Å². The largest absolute Gasteiger partial charge is 0.495 e. The van der Waals surface area contributed by atoms with Gasteiger partial charge in [0.1, 0.15) is 5.75 Å². The minimum absolute atomic E-state index is 0.168. The van der Waals surface area contributed by atoms with Crippen LogP contribution in [0.5, 0.6) is 5.75 Å². The Labute approximate surface area is 109 Å². The number of nitrogens with two attached hydrogens (primary N) is 1. The molecule has 2 rings (SSSR count). The smallest absolute Gasteiger partial charge is 0.258 e. The Hall–Kier alpha value is -2.63. The average molecular weight is 261 g/mol. The number of carbonyl (C=O) groups excluding carboxylic acids is 1. The first kappa shape index (κ1) is 12.8. The zero-order valence-corrected chi connectivity index (χ0v) is 10.2. The Kier molecular flexibility index (Phi) is 3.61. The zero-order chi connectivity index (χ0) is 13.8. The number of nitrogens with zero attached hydrogens (tertiary/aromatic N) is 1. The number of halogens is 1. The first-order valence-corrected chi connectivity index (χ1v) is 5.48. The van der Waals surface area contributed by atoms with Gasteiger partial charge >= 0.3 is 0 Å². The fourth-order valence-electron chi connectivity index (χ4n) is 1.57. The SMILES string of the molecule is COc1ccccc1NC(=O)c1ccnc(N)c1F. The van der Waals surface area contributed by atoms with Crippen LogP contribution in [0.25, 0.3) is 0 Å². The van der Waals surface area contributed by atoms with E-state index in [1.807, 2.05) is 0 Å². The predicted octanol–water partition coefficient (Wildman–Crippen LogP) is 2.06. The second kappa shape index (κ2) is 5.34. The maximum atomic E-state index is 13.7. The van der Waals surface area contributed by atoms with E-state index in [1.165, 1.54) is 19.4 Å². The molecule has 0 saturated carbocycles. The lowest BCUT2D eigenvalue weighted by Gasteiger charge is -2.10. The third-order valence-electron chi connectivity index (χ3n) is 2.52. The molecule has 1 aromatic carbocycles. The number of carbonyl (C=O) groups is 1. The molecule has 5 nitrogen and oxygen atoms in total. The summed E-state index contributed by atoms with van der Waals surface area (Å²) in [5.74, 6) is -1.28. The lowest BCUT2D eigenvalue weighted by molar-refractivity contribution is 0.102. The number of aromatic nitrogens is 1. The molecule has 6 heteroatoms. The number of rotatable bonds is 3. The zero-order valence-electron chi connectivity index (χ0n) is 10.2. The van der Waals surface area contributed by atoms with Crippen LogP contribution in [0.15, 0.2) is 36.5 Å². The van der Waals surface area contributed by atoms with Crippen molar-refractivity contribution in [3.8, 4) is 5.75 Å². The van der Waals surface area contributed by atoms with Gasteiger partial charge in [0.25, 0.3) is 5.91 Å². The predicted molar refractivity (Wildman–Crippen MR) is 69.6 cm³/mol. The molecule has 0 aliphatic carbocycles. The second-order valence-electron chi connectivity index (χ2n) is 3.71. The summed E-state index contributed by atoms with van der Waals surface area (Å²) < 4.78 is 18.7. The van der Waals surface area contributed by atoms with E-state index in [1.54, 1.807) is 24.3 Å². The highest BCUT2D eigenvalue weighted by Crippen LogP contribution is 2.24. The number of benzene rings is 1. The van der Waals surface area contributed by atoms with Crippen LogP contribution < -0.4 is 15.8 Å². The number of nitrogens with one attached hydrogen (secondary N) is 1. The normalized spacial score (nSPS) is 10.0. The number of nitrogen functional groups attached to an aromatic ring is 1. The summed E-state index contributed by atoms with van der Waals surface area (Å²) in [7, 11) is 1.48. The summed E-state index contributed by atoms with van der Waals surface area (Å²) in [6, 6.07) is 8.09. The molecule has 3 N–H and O–H groups in total. The maximum Gasteiger partial charge on any atom is 0.258 e. The van der Waals surface area contributed by atoms with Gasteiger partial charge in [-0.1, -0.05) is 12.1 Å². The number of para-hydroxylation sites is 2. The first-order chi connectivity index (χ1) is 9.13. The van der Waals surface area contributed by atoms with Crippen LogP contribution in [-0.2, 0) is 0 Å². The van der Waals surface area contributed by atoms with Crippen LogP contribution in [0.2, 0.25) is 0 Å². The van der Waals surface area contributed by atoms with Crippen molar-refractivity contribution < 1.29 is 13.9 Å². The van der Waals surface area contributed by atoms with Gasteiger partial charge in [0.2, 0.25) is 0 Å². The first-order valence-electron chi connectivity index (χ1n) is 5.48. The number of methoxy groups -OCH3 is 1. The van der Waals surface area contributed by atoms with E-state index >= 15 is 0 Å². The molecular weight excluding hydrogens is 249 g/mol. The van der Waals surface area contributed by atoms with E-state index in [4.69, 9.17) is 10.5 Å². The van der Waals surface area contributed by atoms with Crippen molar-refractivity contribution in [1.82, 2.24) is 4.98 Å². The van der Waals surface area contributed by atoms with Crippen molar-refractivity contribution in [3.63, 3.8) is 0 Å². The standard InChI is InChI=1S/C13H12FN3O2/c1-19-10-5-3-2-4-9(10)17-13(18)8-6-7-16-12(15)11(8)14/h2-7H,1H3,(H2,15,16)(H,17,18). The summed E-state index contributed by atoms with van der Waals surface area (Å²) in [5.41, 5.74) is 5.60. The maximum absolute atomic E-state index is 13.7. The van der Waals surface area contributed by atoms with Crippen LogP contribution >= 0.6 is 0 Å². The number of ether oxygens (including phenoxy) is 1. The Morgan fingerprint density at radius 3 is 2.84 bits per heavy atom. The average Bonchev–Trinajstić information content (AvgIpc) is 2.42. The Morgan fingerprint density at radius 1 is 1.37 bits per heavy atom. The van der Waals surface area contributed by atoms with E-state index in [0.29, 0.717) is 11.4 Å². The summed E-state index contributed by atoms with van der Waals surface area (Å²) >= 11 is 0. The van der Waals surface area contributed by atoms with Crippen LogP contribution in [0.1, 0.15) is 10.4 Å². The molecule has 0 radical (unpaired) electrons. The summed E-state index contributed by atoms with van der Waals surface area (Å²) in [6.45, 7) is 0. The Morgan fingerprint density at radius 2 is 2.11 bits per heavy atom. The molecule has 0 aliphatic heterocycles. The van der Waals surface area contributed by atoms with Gasteiger partial charge in [-0.05, 0) is 18.2 Å². The molecule has 0 unspecified atom stereocenters. The van der Waals surface area contributed by atoms with Gasteiger partial charge < -0.3 is 15.8 Å². The van der Waals surface area contributed by atoms with Gasteiger partial charge in [0.05, 0.1) is 18.4 Å². The van der Waals surface area contributed by atoms with E-state index in [9.17, 15) is 9.18 Å². The van der Waals surface area contributed by atoms with Crippen molar-refractivity contribution in [2.24, 2.45) is 0 Å². The highest BCUT2D eigenvalue weighted by molar-refractivity contribution is 6.05. The van der Waals surface area contributed by atoms with Gasteiger partial charge in [-0.15, -0.1) is 0 Å². The number of hydrogen-bond donors (Lipinski definition) is 2. The number of hydrogen-bond acceptors (Lipinski definition) is 4. The molecule has 1 aromatic heterocycles. The second-order valence-corrected chi connectivity index (χ2v) is 3.71. The Bertz CT molecular complexity index is 617. The minimum Gasteiger partial charge on any atom is -0.495 e. The number of anilines is 2. The molecule has 0 spiro atoms. The van der Waals surface area contributed by atoms with Crippen molar-refractivity contribution >= 4 is 17.4 Å². The summed E-state index contributed by atoms with van der Waals surface area (Å²) in [5, 5.41) is 2.56. The lowest BCUT2D eigenvalue weighted by Crippen LogP contribution is -2.15. The van der Waals surface area contributed by atoms with E-state index in [0.717, 1.165) is 0 Å². The molecule has 0 atom stereocenters. The molecule has 98 valence electrons. The van der Waals surface area contributed by atoms with Gasteiger partial charge in [-0.3, -0.25) is 4.79 Å². The molecule has 2 aromatic rings. The molecule has 19 heavy (non-hydrogen) atoms. The number of pyridine rings is 1. The molecule has 0 saturated heterocycles. The molecule has 1 heterocycles. The van der Waals surface area contributed by atoms with E-state index in [-0.39, 0.29) is 11.4 Å². The highest BCUT2D eigenvalue weighted by Gasteiger charge is 2.15. The van der Waals surface area contributed by atoms with Crippen LogP contribution in [-0.4, -0.2) is 18.0 Å². The van der Waals surface area contributed by atoms with Crippen molar-refractivity contribution in [2.45, 2.75) is 0 Å². The summed E-state index contributed by atoms with van der Waals surface area (Å²) in [4.78, 5) is 15.5. The third kappa shape index (κ3) is 2.62. The van der Waals surface area contributed by atoms with Crippen molar-refractivity contribution in [1.29, 1.82) is 0 Å². The monoisotopic (exact) mass is 261 g/mol. The van der Waals surface area contributed by atoms with Gasteiger partial charge in [-0.2, -0.15) is 0 Å². The van der Waals surface area contributed by atoms with Crippen LogP contribution in [0.3, 0.4) is 0 Å². The van der Waals surface area contributed by atoms with Gasteiger partial charge in [0.15, 0.2) is 11.6 Å². The molecule has 0 bridgehead atoms. The van der Waals surface area contributed by atoms with E-state index < -0.39 is 11.7 Å². The molecule has 0 aliphatic rings.